The van der Waals surface area contributed by atoms with Gasteiger partial charge in [0.2, 0.25) is 5.82 Å². The Labute approximate surface area is 125 Å². The van der Waals surface area contributed by atoms with E-state index in [1.54, 1.807) is 24.3 Å². The van der Waals surface area contributed by atoms with Crippen LogP contribution in [0.25, 0.3) is 5.69 Å². The average Bonchev–Trinajstić information content (AvgIpc) is 2.83. The lowest BCUT2D eigenvalue weighted by molar-refractivity contribution is -0.146. The number of benzene rings is 1. The lowest BCUT2D eigenvalue weighted by Gasteiger charge is -2.21. The van der Waals surface area contributed by atoms with Crippen LogP contribution in [0.1, 0.15) is 19.7 Å². The van der Waals surface area contributed by atoms with E-state index in [0.717, 1.165) is 23.3 Å². The van der Waals surface area contributed by atoms with Crippen LogP contribution < -0.4 is 4.90 Å². The number of rotatable bonds is 4. The number of aromatic nitrogens is 3. The Hall–Kier alpha value is -1.83. The number of hydrogen-bond acceptors (Lipinski definition) is 3. The number of aromatic amines is 1. The molecule has 0 fully saturated rings. The van der Waals surface area contributed by atoms with Gasteiger partial charge in [0.05, 0.1) is 5.69 Å². The molecule has 0 aliphatic carbocycles. The summed E-state index contributed by atoms with van der Waals surface area (Å²) in [5.41, 5.74) is 1.28. The van der Waals surface area contributed by atoms with Gasteiger partial charge in [-0.3, -0.25) is 9.67 Å². The molecule has 8 heteroatoms. The topological polar surface area (TPSA) is 36.9 Å². The van der Waals surface area contributed by atoms with Gasteiger partial charge in [0.15, 0.2) is 4.77 Å². The summed E-state index contributed by atoms with van der Waals surface area (Å²) >= 11 is 4.89. The third-order valence-corrected chi connectivity index (χ3v) is 3.44. The molecule has 21 heavy (non-hydrogen) atoms. The predicted molar refractivity (Wildman–Crippen MR) is 77.3 cm³/mol. The first kappa shape index (κ1) is 15.6. The van der Waals surface area contributed by atoms with E-state index >= 15 is 0 Å². The molecular formula is C13H15F3N4S. The van der Waals surface area contributed by atoms with Crippen LogP contribution in [-0.2, 0) is 6.18 Å². The molecule has 1 aromatic carbocycles. The maximum absolute atomic E-state index is 12.9. The second-order valence-electron chi connectivity index (χ2n) is 4.37. The van der Waals surface area contributed by atoms with Crippen LogP contribution in [0.4, 0.5) is 18.9 Å². The van der Waals surface area contributed by atoms with Gasteiger partial charge in [-0.1, -0.05) is 0 Å². The summed E-state index contributed by atoms with van der Waals surface area (Å²) in [6.07, 6.45) is -4.56. The minimum absolute atomic E-state index is 0.0853. The van der Waals surface area contributed by atoms with Crippen molar-refractivity contribution < 1.29 is 13.2 Å². The molecule has 0 spiro atoms. The summed E-state index contributed by atoms with van der Waals surface area (Å²) in [5, 5.41) is 5.45. The van der Waals surface area contributed by atoms with Gasteiger partial charge in [0, 0.05) is 18.8 Å². The number of anilines is 1. The molecule has 1 N–H and O–H groups in total. The summed E-state index contributed by atoms with van der Waals surface area (Å²) in [4.78, 5) is 2.10. The minimum atomic E-state index is -4.56. The molecule has 0 aliphatic rings. The molecule has 0 unspecified atom stereocenters. The SMILES string of the molecule is CCN(CC)c1ccc(-n2c(C(F)(F)F)n[nH]c2=S)cc1. The highest BCUT2D eigenvalue weighted by Crippen LogP contribution is 2.30. The van der Waals surface area contributed by atoms with Crippen LogP contribution in [0, 0.1) is 4.77 Å². The molecule has 1 aromatic heterocycles. The summed E-state index contributed by atoms with van der Waals surface area (Å²) in [7, 11) is 0. The number of nitrogens with zero attached hydrogens (tertiary/aromatic N) is 3. The van der Waals surface area contributed by atoms with Crippen molar-refractivity contribution in [2.45, 2.75) is 20.0 Å². The molecule has 0 amide bonds. The number of hydrogen-bond donors (Lipinski definition) is 1. The molecule has 0 saturated heterocycles. The van der Waals surface area contributed by atoms with E-state index in [-0.39, 0.29) is 4.77 Å². The van der Waals surface area contributed by atoms with Gasteiger partial charge in [-0.2, -0.15) is 13.2 Å². The quantitative estimate of drug-likeness (QED) is 0.872. The number of nitrogens with one attached hydrogen (secondary N) is 1. The molecule has 4 nitrogen and oxygen atoms in total. The molecule has 0 bridgehead atoms. The van der Waals surface area contributed by atoms with Crippen molar-refractivity contribution in [3.63, 3.8) is 0 Å². The van der Waals surface area contributed by atoms with Crippen molar-refractivity contribution in [1.82, 2.24) is 14.8 Å². The number of alkyl halides is 3. The highest BCUT2D eigenvalue weighted by Gasteiger charge is 2.37. The van der Waals surface area contributed by atoms with Gasteiger partial charge >= 0.3 is 6.18 Å². The Morgan fingerprint density at radius 1 is 1.19 bits per heavy atom. The summed E-state index contributed by atoms with van der Waals surface area (Å²) in [6, 6.07) is 6.76. The van der Waals surface area contributed by atoms with Gasteiger partial charge in [0.25, 0.3) is 0 Å². The molecule has 2 aromatic rings. The zero-order valence-corrected chi connectivity index (χ0v) is 12.4. The summed E-state index contributed by atoms with van der Waals surface area (Å²) < 4.78 is 39.5. The third-order valence-electron chi connectivity index (χ3n) is 3.16. The minimum Gasteiger partial charge on any atom is -0.372 e. The van der Waals surface area contributed by atoms with Crippen LogP contribution in [0.3, 0.4) is 0 Å². The van der Waals surface area contributed by atoms with Gasteiger partial charge < -0.3 is 4.90 Å². The molecule has 0 radical (unpaired) electrons. The standard InChI is InChI=1S/C13H15F3N4S/c1-3-19(4-2)9-5-7-10(8-6-9)20-11(13(14,15)16)17-18-12(20)21/h5-8H,3-4H2,1-2H3,(H,18,21). The van der Waals surface area contributed by atoms with Crippen LogP contribution in [0.15, 0.2) is 24.3 Å². The maximum atomic E-state index is 12.9. The molecule has 1 heterocycles. The van der Waals surface area contributed by atoms with Crippen molar-refractivity contribution in [3.8, 4) is 5.69 Å². The highest BCUT2D eigenvalue weighted by molar-refractivity contribution is 7.71. The first-order chi connectivity index (χ1) is 9.88. The lowest BCUT2D eigenvalue weighted by Crippen LogP contribution is -2.21. The fourth-order valence-corrected chi connectivity index (χ4v) is 2.37. The Balaban J connectivity index is 2.45. The van der Waals surface area contributed by atoms with Crippen LogP contribution in [0.2, 0.25) is 0 Å². The van der Waals surface area contributed by atoms with E-state index in [9.17, 15) is 13.2 Å². The Morgan fingerprint density at radius 3 is 2.24 bits per heavy atom. The van der Waals surface area contributed by atoms with E-state index in [0.29, 0.717) is 5.69 Å². The normalized spacial score (nSPS) is 11.7. The average molecular weight is 316 g/mol. The molecule has 0 aliphatic heterocycles. The van der Waals surface area contributed by atoms with E-state index in [1.165, 1.54) is 0 Å². The van der Waals surface area contributed by atoms with E-state index < -0.39 is 12.0 Å². The third kappa shape index (κ3) is 3.10. The van der Waals surface area contributed by atoms with E-state index in [2.05, 4.69) is 15.1 Å². The Morgan fingerprint density at radius 2 is 1.76 bits per heavy atom. The summed E-state index contributed by atoms with van der Waals surface area (Å²) in [5.74, 6) is -1.05. The second-order valence-corrected chi connectivity index (χ2v) is 4.76. The second kappa shape index (κ2) is 5.88. The van der Waals surface area contributed by atoms with Crippen LogP contribution in [-0.4, -0.2) is 27.9 Å². The van der Waals surface area contributed by atoms with Gasteiger partial charge in [-0.25, -0.2) is 0 Å². The lowest BCUT2D eigenvalue weighted by atomic mass is 10.2. The number of H-pyrrole nitrogens is 1. The zero-order chi connectivity index (χ0) is 15.6. The zero-order valence-electron chi connectivity index (χ0n) is 11.6. The summed E-state index contributed by atoms with van der Waals surface area (Å²) in [6.45, 7) is 5.69. The van der Waals surface area contributed by atoms with Gasteiger partial charge in [-0.05, 0) is 50.3 Å². The first-order valence-electron chi connectivity index (χ1n) is 6.48. The monoisotopic (exact) mass is 316 g/mol. The van der Waals surface area contributed by atoms with Crippen molar-refractivity contribution in [1.29, 1.82) is 0 Å². The molecule has 0 atom stereocenters. The van der Waals surface area contributed by atoms with Gasteiger partial charge in [-0.15, -0.1) is 5.10 Å². The predicted octanol–water partition coefficient (Wildman–Crippen LogP) is 3.79. The van der Waals surface area contributed by atoms with Crippen molar-refractivity contribution >= 4 is 17.9 Å². The van der Waals surface area contributed by atoms with Crippen LogP contribution in [0.5, 0.6) is 0 Å². The number of halogens is 3. The fraction of sp³-hybridized carbons (Fsp3) is 0.385. The largest absolute Gasteiger partial charge is 0.452 e. The molecule has 2 rings (SSSR count). The van der Waals surface area contributed by atoms with Crippen molar-refractivity contribution in [2.24, 2.45) is 0 Å². The van der Waals surface area contributed by atoms with Gasteiger partial charge in [0.1, 0.15) is 0 Å². The van der Waals surface area contributed by atoms with E-state index in [1.807, 2.05) is 13.8 Å². The maximum Gasteiger partial charge on any atom is 0.452 e. The highest BCUT2D eigenvalue weighted by atomic mass is 32.1. The fourth-order valence-electron chi connectivity index (χ4n) is 2.13. The Kier molecular flexibility index (Phi) is 4.36. The first-order valence-corrected chi connectivity index (χ1v) is 6.89. The van der Waals surface area contributed by atoms with E-state index in [4.69, 9.17) is 12.2 Å². The molecule has 0 saturated carbocycles. The van der Waals surface area contributed by atoms with Crippen molar-refractivity contribution in [3.05, 3.63) is 34.9 Å². The Bertz CT molecular complexity index is 653. The molecular weight excluding hydrogens is 301 g/mol. The molecule has 114 valence electrons. The smallest absolute Gasteiger partial charge is 0.372 e. The van der Waals surface area contributed by atoms with Crippen LogP contribution >= 0.6 is 12.2 Å². The van der Waals surface area contributed by atoms with Crippen molar-refractivity contribution in [2.75, 3.05) is 18.0 Å².